The van der Waals surface area contributed by atoms with Crippen molar-refractivity contribution in [3.05, 3.63) is 35.5 Å². The van der Waals surface area contributed by atoms with Crippen LogP contribution in [0.4, 0.5) is 0 Å². The molecule has 0 amide bonds. The summed E-state index contributed by atoms with van der Waals surface area (Å²) in [6.07, 6.45) is 1.48. The number of hydrogen-bond acceptors (Lipinski definition) is 4. The van der Waals surface area contributed by atoms with Gasteiger partial charge in [-0.2, -0.15) is 0 Å². The van der Waals surface area contributed by atoms with Gasteiger partial charge in [0, 0.05) is 0 Å². The molecule has 0 heterocycles. The van der Waals surface area contributed by atoms with Crippen LogP contribution >= 0.6 is 0 Å². The van der Waals surface area contributed by atoms with Gasteiger partial charge in [0.25, 0.3) is 0 Å². The number of hydrogen-bond donors (Lipinski definition) is 2. The molecule has 1 aromatic rings. The number of aromatic hydroxyl groups is 1. The van der Waals surface area contributed by atoms with E-state index in [0.29, 0.717) is 0 Å². The van der Waals surface area contributed by atoms with Gasteiger partial charge in [0.05, 0.1) is 7.11 Å². The SMILES string of the molecule is COC(=O)/C(N)=C\c1ccc(O)cc1. The van der Waals surface area contributed by atoms with Crippen LogP contribution in [0, 0.1) is 0 Å². The van der Waals surface area contributed by atoms with E-state index in [1.165, 1.54) is 25.3 Å². The van der Waals surface area contributed by atoms with Crippen LogP contribution in [0.25, 0.3) is 6.08 Å². The maximum Gasteiger partial charge on any atom is 0.353 e. The Hall–Kier alpha value is -1.97. The second-order valence-electron chi connectivity index (χ2n) is 2.68. The van der Waals surface area contributed by atoms with Gasteiger partial charge in [0.1, 0.15) is 11.4 Å². The smallest absolute Gasteiger partial charge is 0.353 e. The minimum absolute atomic E-state index is 0.0261. The lowest BCUT2D eigenvalue weighted by Gasteiger charge is -1.99. The molecule has 3 N–H and O–H groups in total. The predicted octanol–water partition coefficient (Wildman–Crippen LogP) is 0.865. The third-order valence-corrected chi connectivity index (χ3v) is 1.64. The lowest BCUT2D eigenvalue weighted by Crippen LogP contribution is -2.12. The maximum absolute atomic E-state index is 10.9. The molecule has 4 nitrogen and oxygen atoms in total. The molecular formula is C10H11NO3. The fraction of sp³-hybridized carbons (Fsp3) is 0.100. The molecule has 0 bridgehead atoms. The molecular weight excluding hydrogens is 182 g/mol. The minimum atomic E-state index is -0.571. The van der Waals surface area contributed by atoms with E-state index in [-0.39, 0.29) is 11.4 Å². The van der Waals surface area contributed by atoms with Crippen molar-refractivity contribution in [1.82, 2.24) is 0 Å². The summed E-state index contributed by atoms with van der Waals surface area (Å²) in [5.74, 6) is -0.406. The second-order valence-corrected chi connectivity index (χ2v) is 2.68. The first-order valence-electron chi connectivity index (χ1n) is 3.98. The van der Waals surface area contributed by atoms with E-state index >= 15 is 0 Å². The Kier molecular flexibility index (Phi) is 3.12. The number of carbonyl (C=O) groups excluding carboxylic acids is 1. The molecule has 0 spiro atoms. The van der Waals surface area contributed by atoms with Crippen LogP contribution in [-0.2, 0) is 9.53 Å². The van der Waals surface area contributed by atoms with Crippen LogP contribution in [0.15, 0.2) is 30.0 Å². The quantitative estimate of drug-likeness (QED) is 0.539. The number of ether oxygens (including phenoxy) is 1. The Labute approximate surface area is 81.6 Å². The molecule has 0 saturated carbocycles. The molecule has 1 rings (SSSR count). The molecule has 0 fully saturated rings. The van der Waals surface area contributed by atoms with Crippen LogP contribution in [0.5, 0.6) is 5.75 Å². The van der Waals surface area contributed by atoms with Crippen LogP contribution in [0.3, 0.4) is 0 Å². The number of benzene rings is 1. The van der Waals surface area contributed by atoms with Gasteiger partial charge >= 0.3 is 5.97 Å². The van der Waals surface area contributed by atoms with Gasteiger partial charge in [-0.3, -0.25) is 0 Å². The van der Waals surface area contributed by atoms with Gasteiger partial charge in [0.2, 0.25) is 0 Å². The molecule has 14 heavy (non-hydrogen) atoms. The maximum atomic E-state index is 10.9. The number of carbonyl (C=O) groups is 1. The molecule has 0 aliphatic rings. The van der Waals surface area contributed by atoms with E-state index in [9.17, 15) is 4.79 Å². The molecule has 1 aromatic carbocycles. The zero-order valence-corrected chi connectivity index (χ0v) is 7.73. The van der Waals surface area contributed by atoms with Crippen molar-refractivity contribution in [3.8, 4) is 5.75 Å². The zero-order chi connectivity index (χ0) is 10.6. The normalized spacial score (nSPS) is 11.1. The van der Waals surface area contributed by atoms with Gasteiger partial charge in [-0.15, -0.1) is 0 Å². The van der Waals surface area contributed by atoms with E-state index in [1.807, 2.05) is 0 Å². The van der Waals surface area contributed by atoms with E-state index < -0.39 is 5.97 Å². The number of phenols is 1. The lowest BCUT2D eigenvalue weighted by atomic mass is 10.2. The standard InChI is InChI=1S/C10H11NO3/c1-14-10(13)9(11)6-7-2-4-8(12)5-3-7/h2-6,12H,11H2,1H3/b9-6+. The van der Waals surface area contributed by atoms with Crippen molar-refractivity contribution < 1.29 is 14.6 Å². The second kappa shape index (κ2) is 4.32. The van der Waals surface area contributed by atoms with Crippen LogP contribution in [-0.4, -0.2) is 18.2 Å². The number of nitrogens with two attached hydrogens (primary N) is 1. The van der Waals surface area contributed by atoms with E-state index in [4.69, 9.17) is 10.8 Å². The lowest BCUT2D eigenvalue weighted by molar-refractivity contribution is -0.136. The van der Waals surface area contributed by atoms with Crippen molar-refractivity contribution in [2.45, 2.75) is 0 Å². The fourth-order valence-corrected chi connectivity index (χ4v) is 0.927. The Morgan fingerprint density at radius 3 is 2.50 bits per heavy atom. The highest BCUT2D eigenvalue weighted by molar-refractivity contribution is 5.92. The van der Waals surface area contributed by atoms with Gasteiger partial charge in [-0.25, -0.2) is 4.79 Å². The van der Waals surface area contributed by atoms with Gasteiger partial charge in [-0.1, -0.05) is 12.1 Å². The Balaban J connectivity index is 2.86. The molecule has 0 saturated heterocycles. The van der Waals surface area contributed by atoms with Gasteiger partial charge in [0.15, 0.2) is 0 Å². The van der Waals surface area contributed by atoms with Crippen molar-refractivity contribution in [3.63, 3.8) is 0 Å². The molecule has 0 aliphatic carbocycles. The highest BCUT2D eigenvalue weighted by Crippen LogP contribution is 2.11. The highest BCUT2D eigenvalue weighted by atomic mass is 16.5. The third kappa shape index (κ3) is 2.52. The van der Waals surface area contributed by atoms with E-state index in [0.717, 1.165) is 5.56 Å². The zero-order valence-electron chi connectivity index (χ0n) is 7.73. The summed E-state index contributed by atoms with van der Waals surface area (Å²) in [4.78, 5) is 10.9. The average Bonchev–Trinajstić information content (AvgIpc) is 2.20. The average molecular weight is 193 g/mol. The van der Waals surface area contributed by atoms with Crippen molar-refractivity contribution >= 4 is 12.0 Å². The van der Waals surface area contributed by atoms with E-state index in [2.05, 4.69) is 4.74 Å². The largest absolute Gasteiger partial charge is 0.508 e. The molecule has 0 aromatic heterocycles. The molecule has 4 heteroatoms. The van der Waals surface area contributed by atoms with Crippen LogP contribution in [0.2, 0.25) is 0 Å². The molecule has 74 valence electrons. The summed E-state index contributed by atoms with van der Waals surface area (Å²) in [7, 11) is 1.26. The summed E-state index contributed by atoms with van der Waals surface area (Å²) >= 11 is 0. The summed E-state index contributed by atoms with van der Waals surface area (Å²) in [5.41, 5.74) is 6.18. The summed E-state index contributed by atoms with van der Waals surface area (Å²) in [6, 6.07) is 6.31. The van der Waals surface area contributed by atoms with Crippen LogP contribution in [0.1, 0.15) is 5.56 Å². The molecule has 0 radical (unpaired) electrons. The van der Waals surface area contributed by atoms with Gasteiger partial charge < -0.3 is 15.6 Å². The first-order valence-corrected chi connectivity index (χ1v) is 3.98. The number of phenolic OH excluding ortho intramolecular Hbond substituents is 1. The number of esters is 1. The molecule has 0 atom stereocenters. The number of methoxy groups -OCH3 is 1. The van der Waals surface area contributed by atoms with Crippen molar-refractivity contribution in [2.75, 3.05) is 7.11 Å². The van der Waals surface area contributed by atoms with Crippen LogP contribution < -0.4 is 5.73 Å². The Bertz CT molecular complexity index is 354. The Morgan fingerprint density at radius 2 is 2.00 bits per heavy atom. The predicted molar refractivity (Wildman–Crippen MR) is 52.3 cm³/mol. The minimum Gasteiger partial charge on any atom is -0.508 e. The van der Waals surface area contributed by atoms with Crippen molar-refractivity contribution in [2.24, 2.45) is 5.73 Å². The fourth-order valence-electron chi connectivity index (χ4n) is 0.927. The summed E-state index contributed by atoms with van der Waals surface area (Å²) < 4.78 is 4.43. The monoisotopic (exact) mass is 193 g/mol. The summed E-state index contributed by atoms with van der Waals surface area (Å²) in [6.45, 7) is 0. The first-order chi connectivity index (χ1) is 6.63. The van der Waals surface area contributed by atoms with E-state index in [1.54, 1.807) is 12.1 Å². The molecule has 0 unspecified atom stereocenters. The first kappa shape index (κ1) is 10.1. The topological polar surface area (TPSA) is 72.5 Å². The molecule has 0 aliphatic heterocycles. The van der Waals surface area contributed by atoms with Crippen molar-refractivity contribution in [1.29, 1.82) is 0 Å². The number of rotatable bonds is 2. The van der Waals surface area contributed by atoms with Gasteiger partial charge in [-0.05, 0) is 23.8 Å². The highest BCUT2D eigenvalue weighted by Gasteiger charge is 2.03. The third-order valence-electron chi connectivity index (χ3n) is 1.64. The summed E-state index contributed by atoms with van der Waals surface area (Å²) in [5, 5.41) is 9.00. The Morgan fingerprint density at radius 1 is 1.43 bits per heavy atom.